The molecule has 1 saturated heterocycles. The van der Waals surface area contributed by atoms with Gasteiger partial charge in [0, 0.05) is 44.8 Å². The zero-order valence-electron chi connectivity index (χ0n) is 13.1. The first-order chi connectivity index (χ1) is 11.8. The lowest BCUT2D eigenvalue weighted by molar-refractivity contribution is -0.138. The van der Waals surface area contributed by atoms with E-state index >= 15 is 0 Å². The minimum Gasteiger partial charge on any atom is -0.352 e. The van der Waals surface area contributed by atoms with Gasteiger partial charge in [-0.2, -0.15) is 18.3 Å². The molecule has 0 saturated carbocycles. The topological polar surface area (TPSA) is 54.3 Å². The van der Waals surface area contributed by atoms with Gasteiger partial charge in [0.25, 0.3) is 0 Å². The standard InChI is InChI=1S/C15H15ClF3N5O/c16-12-8-11(15(17,18)19)9-20-14(12)23-6-4-22(5-7-23)13(25)10-24-3-1-2-21-24/h1-3,8-9H,4-7,10H2. The first-order valence-electron chi connectivity index (χ1n) is 7.57. The molecule has 1 aliphatic heterocycles. The fraction of sp³-hybridized carbons (Fsp3) is 0.400. The normalized spacial score (nSPS) is 15.5. The van der Waals surface area contributed by atoms with Crippen LogP contribution < -0.4 is 4.90 Å². The van der Waals surface area contributed by atoms with Crippen LogP contribution in [-0.2, 0) is 17.5 Å². The van der Waals surface area contributed by atoms with Gasteiger partial charge in [-0.15, -0.1) is 0 Å². The Bertz CT molecular complexity index is 742. The molecule has 2 aromatic heterocycles. The average molecular weight is 374 g/mol. The van der Waals surface area contributed by atoms with E-state index in [1.807, 2.05) is 0 Å². The second kappa shape index (κ2) is 6.91. The van der Waals surface area contributed by atoms with Crippen molar-refractivity contribution in [3.05, 3.63) is 41.3 Å². The van der Waals surface area contributed by atoms with Gasteiger partial charge < -0.3 is 9.80 Å². The lowest BCUT2D eigenvalue weighted by Gasteiger charge is -2.35. The first kappa shape index (κ1) is 17.5. The number of alkyl halides is 3. The van der Waals surface area contributed by atoms with Crippen molar-refractivity contribution in [3.63, 3.8) is 0 Å². The summed E-state index contributed by atoms with van der Waals surface area (Å²) >= 11 is 5.97. The van der Waals surface area contributed by atoms with Gasteiger partial charge in [-0.05, 0) is 12.1 Å². The average Bonchev–Trinajstić information content (AvgIpc) is 3.07. The minimum absolute atomic E-state index is 0.0499. The number of hydrogen-bond acceptors (Lipinski definition) is 4. The Morgan fingerprint density at radius 3 is 2.52 bits per heavy atom. The Morgan fingerprint density at radius 1 is 1.24 bits per heavy atom. The van der Waals surface area contributed by atoms with Crippen molar-refractivity contribution in [1.29, 1.82) is 0 Å². The number of aromatic nitrogens is 3. The Balaban J connectivity index is 1.61. The van der Waals surface area contributed by atoms with Crippen molar-refractivity contribution in [1.82, 2.24) is 19.7 Å². The molecule has 3 rings (SSSR count). The van der Waals surface area contributed by atoms with Crippen molar-refractivity contribution in [2.24, 2.45) is 0 Å². The Labute approximate surface area is 146 Å². The smallest absolute Gasteiger partial charge is 0.352 e. The third-order valence-corrected chi connectivity index (χ3v) is 4.22. The predicted octanol–water partition coefficient (Wildman–Crippen LogP) is 2.30. The van der Waals surface area contributed by atoms with E-state index in [0.29, 0.717) is 32.0 Å². The van der Waals surface area contributed by atoms with Gasteiger partial charge >= 0.3 is 6.18 Å². The van der Waals surface area contributed by atoms with Crippen molar-refractivity contribution in [3.8, 4) is 0 Å². The number of nitrogens with zero attached hydrogens (tertiary/aromatic N) is 5. The number of anilines is 1. The lowest BCUT2D eigenvalue weighted by atomic mass is 10.2. The molecule has 3 heterocycles. The molecule has 2 aromatic rings. The monoisotopic (exact) mass is 373 g/mol. The summed E-state index contributed by atoms with van der Waals surface area (Å²) < 4.78 is 39.6. The maximum Gasteiger partial charge on any atom is 0.417 e. The molecule has 0 aliphatic carbocycles. The summed E-state index contributed by atoms with van der Waals surface area (Å²) in [5.41, 5.74) is -0.880. The summed E-state index contributed by atoms with van der Waals surface area (Å²) in [7, 11) is 0. The molecule has 25 heavy (non-hydrogen) atoms. The van der Waals surface area contributed by atoms with Crippen LogP contribution in [-0.4, -0.2) is 51.8 Å². The number of hydrogen-bond donors (Lipinski definition) is 0. The lowest BCUT2D eigenvalue weighted by Crippen LogP contribution is -2.50. The van der Waals surface area contributed by atoms with Crippen LogP contribution in [0.25, 0.3) is 0 Å². The van der Waals surface area contributed by atoms with Crippen molar-refractivity contribution >= 4 is 23.3 Å². The summed E-state index contributed by atoms with van der Waals surface area (Å²) in [5, 5.41) is 3.94. The number of halogens is 4. The molecule has 0 radical (unpaired) electrons. The molecule has 10 heteroatoms. The number of carbonyl (C=O) groups is 1. The van der Waals surface area contributed by atoms with Crippen LogP contribution >= 0.6 is 11.6 Å². The molecule has 0 N–H and O–H groups in total. The number of piperazine rings is 1. The summed E-state index contributed by atoms with van der Waals surface area (Å²) in [6.45, 7) is 1.94. The zero-order chi connectivity index (χ0) is 18.0. The first-order valence-corrected chi connectivity index (χ1v) is 7.95. The third-order valence-electron chi connectivity index (χ3n) is 3.94. The van der Waals surface area contributed by atoms with Gasteiger partial charge in [-0.3, -0.25) is 9.48 Å². The van der Waals surface area contributed by atoms with E-state index in [0.717, 1.165) is 12.3 Å². The van der Waals surface area contributed by atoms with Crippen molar-refractivity contribution in [2.45, 2.75) is 12.7 Å². The Morgan fingerprint density at radius 2 is 1.96 bits per heavy atom. The second-order valence-corrected chi connectivity index (χ2v) is 6.01. The van der Waals surface area contributed by atoms with Gasteiger partial charge in [0.15, 0.2) is 0 Å². The van der Waals surface area contributed by atoms with Crippen LogP contribution in [0.4, 0.5) is 19.0 Å². The molecule has 6 nitrogen and oxygen atoms in total. The molecule has 0 atom stereocenters. The zero-order valence-corrected chi connectivity index (χ0v) is 13.8. The van der Waals surface area contributed by atoms with E-state index in [4.69, 9.17) is 11.6 Å². The van der Waals surface area contributed by atoms with E-state index in [1.54, 1.807) is 32.9 Å². The third kappa shape index (κ3) is 4.04. The summed E-state index contributed by atoms with van der Waals surface area (Å²) in [6, 6.07) is 2.61. The van der Waals surface area contributed by atoms with Crippen LogP contribution in [0.1, 0.15) is 5.56 Å². The fourth-order valence-electron chi connectivity index (χ4n) is 2.62. The van der Waals surface area contributed by atoms with E-state index in [2.05, 4.69) is 10.1 Å². The molecule has 0 unspecified atom stereocenters. The minimum atomic E-state index is -4.48. The highest BCUT2D eigenvalue weighted by atomic mass is 35.5. The van der Waals surface area contributed by atoms with Crippen LogP contribution in [0.2, 0.25) is 5.02 Å². The van der Waals surface area contributed by atoms with Gasteiger partial charge in [0.05, 0.1) is 10.6 Å². The summed E-state index contributed by atoms with van der Waals surface area (Å²) in [5.74, 6) is 0.240. The fourth-order valence-corrected chi connectivity index (χ4v) is 2.90. The summed E-state index contributed by atoms with van der Waals surface area (Å²) in [4.78, 5) is 19.5. The van der Waals surface area contributed by atoms with Crippen LogP contribution in [0.3, 0.4) is 0 Å². The molecule has 1 aliphatic rings. The Hall–Kier alpha value is -2.29. The van der Waals surface area contributed by atoms with E-state index in [1.165, 1.54) is 0 Å². The highest BCUT2D eigenvalue weighted by molar-refractivity contribution is 6.33. The van der Waals surface area contributed by atoms with Crippen LogP contribution in [0, 0.1) is 0 Å². The van der Waals surface area contributed by atoms with Gasteiger partial charge in [0.2, 0.25) is 5.91 Å². The van der Waals surface area contributed by atoms with Gasteiger partial charge in [-0.25, -0.2) is 4.98 Å². The highest BCUT2D eigenvalue weighted by Gasteiger charge is 2.32. The molecular weight excluding hydrogens is 359 g/mol. The number of carbonyl (C=O) groups excluding carboxylic acids is 1. The molecule has 0 spiro atoms. The molecular formula is C15H15ClF3N5O. The molecule has 1 amide bonds. The SMILES string of the molecule is O=C(Cn1cccn1)N1CCN(c2ncc(C(F)(F)F)cc2Cl)CC1. The molecule has 0 aromatic carbocycles. The highest BCUT2D eigenvalue weighted by Crippen LogP contribution is 2.33. The van der Waals surface area contributed by atoms with E-state index < -0.39 is 11.7 Å². The predicted molar refractivity (Wildman–Crippen MR) is 85.3 cm³/mol. The molecule has 1 fully saturated rings. The van der Waals surface area contributed by atoms with Crippen molar-refractivity contribution in [2.75, 3.05) is 31.1 Å². The largest absolute Gasteiger partial charge is 0.417 e. The maximum atomic E-state index is 12.7. The second-order valence-electron chi connectivity index (χ2n) is 5.60. The van der Waals surface area contributed by atoms with Crippen LogP contribution in [0.5, 0.6) is 0 Å². The molecule has 134 valence electrons. The number of amides is 1. The quantitative estimate of drug-likeness (QED) is 0.828. The number of pyridine rings is 1. The van der Waals surface area contributed by atoms with Crippen molar-refractivity contribution < 1.29 is 18.0 Å². The Kier molecular flexibility index (Phi) is 4.85. The van der Waals surface area contributed by atoms with Gasteiger partial charge in [0.1, 0.15) is 12.4 Å². The van der Waals surface area contributed by atoms with Crippen LogP contribution in [0.15, 0.2) is 30.7 Å². The molecule has 0 bridgehead atoms. The van der Waals surface area contributed by atoms with Gasteiger partial charge in [-0.1, -0.05) is 11.6 Å². The number of rotatable bonds is 3. The van der Waals surface area contributed by atoms with E-state index in [-0.39, 0.29) is 17.5 Å². The van der Waals surface area contributed by atoms with E-state index in [9.17, 15) is 18.0 Å². The summed E-state index contributed by atoms with van der Waals surface area (Å²) in [6.07, 6.45) is -0.396. The maximum absolute atomic E-state index is 12.7.